The van der Waals surface area contributed by atoms with Gasteiger partial charge in [-0.2, -0.15) is 0 Å². The Morgan fingerprint density at radius 3 is 2.62 bits per heavy atom. The molecule has 0 atom stereocenters. The molecule has 2 aliphatic rings. The summed E-state index contributed by atoms with van der Waals surface area (Å²) in [7, 11) is 0. The molecular weight excluding hydrogens is 428 g/mol. The van der Waals surface area contributed by atoms with Gasteiger partial charge in [0.05, 0.1) is 11.4 Å². The number of carbonyl (C=O) groups excluding carboxylic acids is 2. The largest absolute Gasteiger partial charge is 0.464 e. The number of benzene rings is 1. The molecule has 1 saturated carbocycles. The average Bonchev–Trinajstić information content (AvgIpc) is 3.17. The number of amides is 2. The first-order valence-corrected chi connectivity index (χ1v) is 11.5. The van der Waals surface area contributed by atoms with Crippen molar-refractivity contribution in [3.8, 4) is 11.5 Å². The van der Waals surface area contributed by atoms with Crippen molar-refractivity contribution < 1.29 is 23.5 Å². The summed E-state index contributed by atoms with van der Waals surface area (Å²) in [5.41, 5.74) is 0.924. The van der Waals surface area contributed by atoms with Crippen LogP contribution in [0.5, 0.6) is 11.5 Å². The molecule has 1 aliphatic carbocycles. The summed E-state index contributed by atoms with van der Waals surface area (Å²) >= 11 is 1.40. The number of ether oxygens (including phenoxy) is 2. The van der Waals surface area contributed by atoms with Crippen LogP contribution >= 0.6 is 11.3 Å². The highest BCUT2D eigenvalue weighted by Crippen LogP contribution is 2.33. The van der Waals surface area contributed by atoms with Gasteiger partial charge < -0.3 is 23.7 Å². The van der Waals surface area contributed by atoms with Gasteiger partial charge in [0, 0.05) is 12.6 Å². The topological polar surface area (TPSA) is 72.2 Å². The number of carbonyl (C=O) groups is 2. The molecule has 166 valence electrons. The summed E-state index contributed by atoms with van der Waals surface area (Å²) < 4.78 is 16.6. The van der Waals surface area contributed by atoms with Crippen molar-refractivity contribution in [1.29, 1.82) is 0 Å². The molecule has 1 fully saturated rings. The number of fused-ring (bicyclic) bond motifs is 1. The third kappa shape index (κ3) is 4.50. The fourth-order valence-corrected chi connectivity index (χ4v) is 4.47. The Balaban J connectivity index is 1.36. The summed E-state index contributed by atoms with van der Waals surface area (Å²) in [5.74, 6) is 2.69. The summed E-state index contributed by atoms with van der Waals surface area (Å²) in [6.45, 7) is 2.83. The second-order valence-corrected chi connectivity index (χ2v) is 9.04. The van der Waals surface area contributed by atoms with E-state index >= 15 is 0 Å². The van der Waals surface area contributed by atoms with E-state index in [2.05, 4.69) is 0 Å². The smallest absolute Gasteiger partial charge is 0.264 e. The molecule has 0 unspecified atom stereocenters. The lowest BCUT2D eigenvalue weighted by Gasteiger charge is -2.27. The molecule has 32 heavy (non-hydrogen) atoms. The van der Waals surface area contributed by atoms with Crippen LogP contribution in [0.2, 0.25) is 0 Å². The van der Waals surface area contributed by atoms with Gasteiger partial charge in [-0.15, -0.1) is 11.3 Å². The molecule has 7 nitrogen and oxygen atoms in total. The number of furan rings is 1. The highest BCUT2D eigenvalue weighted by Gasteiger charge is 2.35. The molecule has 0 saturated heterocycles. The molecule has 5 rings (SSSR count). The lowest BCUT2D eigenvalue weighted by molar-refractivity contribution is -0.133. The molecule has 1 aliphatic heterocycles. The highest BCUT2D eigenvalue weighted by atomic mass is 32.1. The third-order valence-electron chi connectivity index (χ3n) is 5.59. The number of hydrogen-bond acceptors (Lipinski definition) is 6. The molecule has 0 spiro atoms. The Morgan fingerprint density at radius 1 is 1.06 bits per heavy atom. The van der Waals surface area contributed by atoms with E-state index in [0.29, 0.717) is 35.2 Å². The third-order valence-corrected chi connectivity index (χ3v) is 6.45. The first-order chi connectivity index (χ1) is 15.6. The average molecular weight is 453 g/mol. The van der Waals surface area contributed by atoms with E-state index < -0.39 is 0 Å². The molecule has 1 aromatic carbocycles. The summed E-state index contributed by atoms with van der Waals surface area (Å²) in [5, 5.41) is 1.88. The van der Waals surface area contributed by atoms with E-state index in [4.69, 9.17) is 13.9 Å². The number of nitrogens with zero attached hydrogens (tertiary/aromatic N) is 2. The zero-order chi connectivity index (χ0) is 22.1. The van der Waals surface area contributed by atoms with Crippen LogP contribution in [0.3, 0.4) is 0 Å². The minimum atomic E-state index is -0.117. The van der Waals surface area contributed by atoms with E-state index in [1.54, 1.807) is 9.80 Å². The monoisotopic (exact) mass is 452 g/mol. The summed E-state index contributed by atoms with van der Waals surface area (Å²) in [6, 6.07) is 13.2. The van der Waals surface area contributed by atoms with Crippen LogP contribution in [0.1, 0.15) is 39.6 Å². The van der Waals surface area contributed by atoms with Gasteiger partial charge >= 0.3 is 0 Å². The molecule has 2 amide bonds. The number of hydrogen-bond donors (Lipinski definition) is 0. The van der Waals surface area contributed by atoms with E-state index in [0.717, 1.165) is 24.2 Å². The van der Waals surface area contributed by atoms with Gasteiger partial charge in [0.2, 0.25) is 12.7 Å². The number of thiophene rings is 1. The maximum Gasteiger partial charge on any atom is 0.264 e. The van der Waals surface area contributed by atoms with Gasteiger partial charge in [-0.05, 0) is 61.0 Å². The molecular formula is C24H24N2O5S. The standard InChI is InChI=1S/C24H24N2O5S/c1-16-4-8-19(31-16)13-25(12-17-5-9-20-21(11-17)30-15-29-20)23(27)14-26(18-6-7-18)24(28)22-3-2-10-32-22/h2-5,8-11,18H,6-7,12-15H2,1H3. The van der Waals surface area contributed by atoms with E-state index in [1.165, 1.54) is 11.3 Å². The van der Waals surface area contributed by atoms with Crippen molar-refractivity contribution in [2.45, 2.75) is 38.9 Å². The molecule has 3 aromatic rings. The predicted octanol–water partition coefficient (Wildman–Crippen LogP) is 4.21. The first kappa shape index (κ1) is 20.6. The Labute approximate surface area is 190 Å². The predicted molar refractivity (Wildman–Crippen MR) is 119 cm³/mol. The molecule has 2 aromatic heterocycles. The van der Waals surface area contributed by atoms with Crippen molar-refractivity contribution in [3.05, 3.63) is 69.8 Å². The zero-order valence-corrected chi connectivity index (χ0v) is 18.6. The lowest BCUT2D eigenvalue weighted by Crippen LogP contribution is -2.43. The number of aryl methyl sites for hydroxylation is 1. The Hall–Kier alpha value is -3.26. The lowest BCUT2D eigenvalue weighted by atomic mass is 10.2. The molecule has 0 radical (unpaired) electrons. The van der Waals surface area contributed by atoms with Gasteiger partial charge in [0.1, 0.15) is 18.1 Å². The van der Waals surface area contributed by atoms with E-state index in [1.807, 2.05) is 54.8 Å². The summed E-state index contributed by atoms with van der Waals surface area (Å²) in [6.07, 6.45) is 1.87. The minimum Gasteiger partial charge on any atom is -0.464 e. The second-order valence-electron chi connectivity index (χ2n) is 8.09. The minimum absolute atomic E-state index is 0.0473. The Bertz CT molecular complexity index is 1120. The van der Waals surface area contributed by atoms with Crippen molar-refractivity contribution in [2.24, 2.45) is 0 Å². The van der Waals surface area contributed by atoms with Crippen LogP contribution in [0, 0.1) is 6.92 Å². The maximum absolute atomic E-state index is 13.4. The van der Waals surface area contributed by atoms with Gasteiger partial charge in [0.25, 0.3) is 5.91 Å². The van der Waals surface area contributed by atoms with Crippen molar-refractivity contribution in [1.82, 2.24) is 9.80 Å². The Morgan fingerprint density at radius 2 is 1.91 bits per heavy atom. The van der Waals surface area contributed by atoms with Crippen LogP contribution in [0.25, 0.3) is 0 Å². The first-order valence-electron chi connectivity index (χ1n) is 10.6. The normalized spacial score (nSPS) is 14.4. The SMILES string of the molecule is Cc1ccc(CN(Cc2ccc3c(c2)OCO3)C(=O)CN(C(=O)c2cccs2)C2CC2)o1. The second kappa shape index (κ2) is 8.70. The van der Waals surface area contributed by atoms with Crippen LogP contribution < -0.4 is 9.47 Å². The van der Waals surface area contributed by atoms with E-state index in [-0.39, 0.29) is 31.2 Å². The van der Waals surface area contributed by atoms with Crippen LogP contribution in [-0.2, 0) is 17.9 Å². The van der Waals surface area contributed by atoms with Crippen LogP contribution in [0.4, 0.5) is 0 Å². The molecule has 3 heterocycles. The number of rotatable bonds is 8. The van der Waals surface area contributed by atoms with E-state index in [9.17, 15) is 9.59 Å². The van der Waals surface area contributed by atoms with Crippen molar-refractivity contribution in [3.63, 3.8) is 0 Å². The van der Waals surface area contributed by atoms with Crippen LogP contribution in [-0.4, -0.2) is 41.0 Å². The fraction of sp³-hybridized carbons (Fsp3) is 0.333. The van der Waals surface area contributed by atoms with Crippen molar-refractivity contribution in [2.75, 3.05) is 13.3 Å². The molecule has 8 heteroatoms. The highest BCUT2D eigenvalue weighted by molar-refractivity contribution is 7.12. The van der Waals surface area contributed by atoms with Gasteiger partial charge in [-0.25, -0.2) is 0 Å². The Kier molecular flexibility index (Phi) is 5.61. The van der Waals surface area contributed by atoms with Crippen LogP contribution in [0.15, 0.2) is 52.3 Å². The quantitative estimate of drug-likeness (QED) is 0.512. The van der Waals surface area contributed by atoms with Gasteiger partial charge in [-0.3, -0.25) is 9.59 Å². The molecule has 0 bridgehead atoms. The van der Waals surface area contributed by atoms with Crippen molar-refractivity contribution >= 4 is 23.2 Å². The summed E-state index contributed by atoms with van der Waals surface area (Å²) in [4.78, 5) is 30.6. The molecule has 0 N–H and O–H groups in total. The van der Waals surface area contributed by atoms with Gasteiger partial charge in [-0.1, -0.05) is 12.1 Å². The maximum atomic E-state index is 13.4. The van der Waals surface area contributed by atoms with Gasteiger partial charge in [0.15, 0.2) is 11.5 Å². The fourth-order valence-electron chi connectivity index (χ4n) is 3.79. The zero-order valence-electron chi connectivity index (χ0n) is 17.8.